The summed E-state index contributed by atoms with van der Waals surface area (Å²) in [5, 5.41) is 9.06. The molecule has 1 saturated heterocycles. The molecule has 1 aliphatic rings. The van der Waals surface area contributed by atoms with Crippen molar-refractivity contribution in [2.24, 2.45) is 5.41 Å². The largest absolute Gasteiger partial charge is 0.481 e. The maximum Gasteiger partial charge on any atom is 0.309 e. The van der Waals surface area contributed by atoms with E-state index in [9.17, 15) is 4.79 Å². The molecule has 112 valence electrons. The van der Waals surface area contributed by atoms with Gasteiger partial charge in [-0.2, -0.15) is 0 Å². The van der Waals surface area contributed by atoms with E-state index in [1.165, 1.54) is 0 Å². The topological polar surface area (TPSA) is 43.8 Å². The van der Waals surface area contributed by atoms with E-state index >= 15 is 0 Å². The van der Waals surface area contributed by atoms with E-state index in [1.54, 1.807) is 0 Å². The highest BCUT2D eigenvalue weighted by Crippen LogP contribution is 2.23. The highest BCUT2D eigenvalue weighted by atomic mass is 16.4. The van der Waals surface area contributed by atoms with Gasteiger partial charge in [-0.1, -0.05) is 13.3 Å². The van der Waals surface area contributed by atoms with Crippen molar-refractivity contribution >= 4 is 5.97 Å². The minimum absolute atomic E-state index is 0.575. The number of piperazine rings is 1. The van der Waals surface area contributed by atoms with Crippen LogP contribution in [0.1, 0.15) is 47.0 Å². The Hall–Kier alpha value is -0.610. The summed E-state index contributed by atoms with van der Waals surface area (Å²) >= 11 is 0. The number of unbranched alkanes of at least 4 members (excludes halogenated alkanes) is 1. The first-order valence-corrected chi connectivity index (χ1v) is 7.56. The van der Waals surface area contributed by atoms with Crippen molar-refractivity contribution < 1.29 is 9.90 Å². The van der Waals surface area contributed by atoms with Crippen LogP contribution >= 0.6 is 0 Å². The van der Waals surface area contributed by atoms with Crippen LogP contribution in [0.15, 0.2) is 0 Å². The van der Waals surface area contributed by atoms with Gasteiger partial charge in [0.05, 0.1) is 5.41 Å². The fraction of sp³-hybridized carbons (Fsp3) is 0.933. The minimum Gasteiger partial charge on any atom is -0.481 e. The average Bonchev–Trinajstić information content (AvgIpc) is 2.34. The summed E-state index contributed by atoms with van der Waals surface area (Å²) < 4.78 is 0. The molecule has 1 N–H and O–H groups in total. The number of hydrogen-bond donors (Lipinski definition) is 1. The molecular weight excluding hydrogens is 240 g/mol. The van der Waals surface area contributed by atoms with E-state index < -0.39 is 11.4 Å². The van der Waals surface area contributed by atoms with Gasteiger partial charge in [-0.15, -0.1) is 0 Å². The van der Waals surface area contributed by atoms with Crippen LogP contribution in [0.2, 0.25) is 0 Å². The Labute approximate surface area is 117 Å². The number of aliphatic carboxylic acids is 1. The standard InChI is InChI=1S/C15H30N2O2/c1-5-17-11-10-16(12-13(17)2)9-7-6-8-15(3,4)14(18)19/h13H,5-12H2,1-4H3,(H,18,19). The fourth-order valence-corrected chi connectivity index (χ4v) is 2.75. The van der Waals surface area contributed by atoms with Crippen LogP contribution in [0.4, 0.5) is 0 Å². The summed E-state index contributed by atoms with van der Waals surface area (Å²) in [7, 11) is 0. The van der Waals surface area contributed by atoms with Crippen molar-refractivity contribution in [1.29, 1.82) is 0 Å². The van der Waals surface area contributed by atoms with Crippen LogP contribution in [0, 0.1) is 5.41 Å². The number of carbonyl (C=O) groups is 1. The Morgan fingerprint density at radius 3 is 2.53 bits per heavy atom. The maximum absolute atomic E-state index is 11.0. The Morgan fingerprint density at radius 2 is 2.00 bits per heavy atom. The Morgan fingerprint density at radius 1 is 1.32 bits per heavy atom. The van der Waals surface area contributed by atoms with Gasteiger partial charge in [0, 0.05) is 25.7 Å². The molecule has 0 aromatic rings. The van der Waals surface area contributed by atoms with E-state index in [0.29, 0.717) is 6.04 Å². The first kappa shape index (κ1) is 16.4. The molecule has 0 aromatic heterocycles. The van der Waals surface area contributed by atoms with Crippen molar-refractivity contribution in [3.63, 3.8) is 0 Å². The molecule has 19 heavy (non-hydrogen) atoms. The molecule has 4 heteroatoms. The Balaban J connectivity index is 2.19. The SMILES string of the molecule is CCN1CCN(CCCCC(C)(C)C(=O)O)CC1C. The van der Waals surface area contributed by atoms with Crippen LogP contribution in [-0.4, -0.2) is 59.6 Å². The lowest BCUT2D eigenvalue weighted by Gasteiger charge is -2.39. The van der Waals surface area contributed by atoms with Gasteiger partial charge in [-0.3, -0.25) is 9.69 Å². The van der Waals surface area contributed by atoms with Crippen molar-refractivity contribution in [2.45, 2.75) is 53.0 Å². The van der Waals surface area contributed by atoms with Gasteiger partial charge in [0.1, 0.15) is 0 Å². The van der Waals surface area contributed by atoms with E-state index in [2.05, 4.69) is 23.6 Å². The lowest BCUT2D eigenvalue weighted by atomic mass is 9.87. The number of likely N-dealkylation sites (N-methyl/N-ethyl adjacent to an activating group) is 1. The zero-order valence-corrected chi connectivity index (χ0v) is 13.0. The molecule has 1 rings (SSSR count). The molecule has 0 amide bonds. The van der Waals surface area contributed by atoms with E-state index in [4.69, 9.17) is 5.11 Å². The summed E-state index contributed by atoms with van der Waals surface area (Å²) in [6.07, 6.45) is 2.88. The predicted octanol–water partition coefficient (Wildman–Crippen LogP) is 2.29. The molecule has 0 bridgehead atoms. The molecule has 4 nitrogen and oxygen atoms in total. The quantitative estimate of drug-likeness (QED) is 0.721. The summed E-state index contributed by atoms with van der Waals surface area (Å²) in [5.74, 6) is -0.683. The number of rotatable bonds is 7. The van der Waals surface area contributed by atoms with Crippen molar-refractivity contribution in [1.82, 2.24) is 9.80 Å². The van der Waals surface area contributed by atoms with Gasteiger partial charge >= 0.3 is 5.97 Å². The van der Waals surface area contributed by atoms with Gasteiger partial charge in [0.2, 0.25) is 0 Å². The van der Waals surface area contributed by atoms with Crippen LogP contribution in [0.5, 0.6) is 0 Å². The molecular formula is C15H30N2O2. The predicted molar refractivity (Wildman–Crippen MR) is 78.4 cm³/mol. The zero-order chi connectivity index (χ0) is 14.5. The summed E-state index contributed by atoms with van der Waals surface area (Å²) in [4.78, 5) is 16.0. The molecule has 0 radical (unpaired) electrons. The molecule has 1 atom stereocenters. The molecule has 1 aliphatic heterocycles. The van der Waals surface area contributed by atoms with Crippen LogP contribution in [0.25, 0.3) is 0 Å². The van der Waals surface area contributed by atoms with Gasteiger partial charge in [0.25, 0.3) is 0 Å². The molecule has 0 spiro atoms. The number of hydrogen-bond acceptors (Lipinski definition) is 3. The van der Waals surface area contributed by atoms with E-state index in [1.807, 2.05) is 13.8 Å². The first-order valence-electron chi connectivity index (χ1n) is 7.56. The first-order chi connectivity index (χ1) is 8.86. The fourth-order valence-electron chi connectivity index (χ4n) is 2.75. The van der Waals surface area contributed by atoms with Crippen molar-refractivity contribution in [2.75, 3.05) is 32.7 Å². The lowest BCUT2D eigenvalue weighted by molar-refractivity contribution is -0.147. The smallest absolute Gasteiger partial charge is 0.309 e. The minimum atomic E-state index is -0.683. The number of nitrogens with zero attached hydrogens (tertiary/aromatic N) is 2. The van der Waals surface area contributed by atoms with Gasteiger partial charge in [-0.05, 0) is 46.7 Å². The number of carboxylic acids is 1. The average molecular weight is 270 g/mol. The lowest BCUT2D eigenvalue weighted by Crippen LogP contribution is -2.51. The normalized spacial score (nSPS) is 22.6. The Bertz CT molecular complexity index is 292. The molecule has 1 unspecified atom stereocenters. The second-order valence-electron chi connectivity index (χ2n) is 6.42. The van der Waals surface area contributed by atoms with Crippen LogP contribution in [0.3, 0.4) is 0 Å². The third kappa shape index (κ3) is 5.11. The highest BCUT2D eigenvalue weighted by molar-refractivity contribution is 5.73. The van der Waals surface area contributed by atoms with Crippen LogP contribution in [-0.2, 0) is 4.79 Å². The van der Waals surface area contributed by atoms with Gasteiger partial charge in [-0.25, -0.2) is 0 Å². The molecule has 0 aromatic carbocycles. The molecule has 1 heterocycles. The number of carboxylic acid groups (broad SMARTS) is 1. The summed E-state index contributed by atoms with van der Waals surface area (Å²) in [5.41, 5.74) is -0.575. The van der Waals surface area contributed by atoms with Gasteiger partial charge < -0.3 is 10.0 Å². The van der Waals surface area contributed by atoms with E-state index in [-0.39, 0.29) is 0 Å². The van der Waals surface area contributed by atoms with Crippen LogP contribution < -0.4 is 0 Å². The zero-order valence-electron chi connectivity index (χ0n) is 13.0. The monoisotopic (exact) mass is 270 g/mol. The summed E-state index contributed by atoms with van der Waals surface area (Å²) in [6.45, 7) is 13.9. The Kier molecular flexibility index (Phi) is 6.27. The van der Waals surface area contributed by atoms with Crippen molar-refractivity contribution in [3.05, 3.63) is 0 Å². The summed E-state index contributed by atoms with van der Waals surface area (Å²) in [6, 6.07) is 0.647. The van der Waals surface area contributed by atoms with E-state index in [0.717, 1.165) is 52.0 Å². The second-order valence-corrected chi connectivity index (χ2v) is 6.42. The second kappa shape index (κ2) is 7.25. The third-order valence-corrected chi connectivity index (χ3v) is 4.36. The van der Waals surface area contributed by atoms with Gasteiger partial charge in [0.15, 0.2) is 0 Å². The molecule has 1 fully saturated rings. The molecule has 0 saturated carbocycles. The highest BCUT2D eigenvalue weighted by Gasteiger charge is 2.26. The van der Waals surface area contributed by atoms with Crippen molar-refractivity contribution in [3.8, 4) is 0 Å². The maximum atomic E-state index is 11.0. The third-order valence-electron chi connectivity index (χ3n) is 4.36. The molecule has 0 aliphatic carbocycles.